The number of halogens is 1. The number of rotatable bonds is 4. The number of carbonyl (C=O) groups is 1. The Balaban J connectivity index is 1.54. The monoisotopic (exact) mass is 373 g/mol. The fourth-order valence-corrected chi connectivity index (χ4v) is 4.57. The van der Waals surface area contributed by atoms with Crippen molar-refractivity contribution in [3.63, 3.8) is 0 Å². The molecule has 3 rings (SSSR count). The molecule has 1 spiro atoms. The first-order chi connectivity index (χ1) is 11.4. The van der Waals surface area contributed by atoms with Crippen LogP contribution in [0.25, 0.3) is 0 Å². The van der Waals surface area contributed by atoms with E-state index in [2.05, 4.69) is 0 Å². The van der Waals surface area contributed by atoms with Gasteiger partial charge < -0.3 is 14.4 Å². The maximum absolute atomic E-state index is 12.3. The quantitative estimate of drug-likeness (QED) is 0.805. The number of nitrogens with zero attached hydrogens (tertiary/aromatic N) is 1. The van der Waals surface area contributed by atoms with Crippen molar-refractivity contribution in [2.24, 2.45) is 0 Å². The summed E-state index contributed by atoms with van der Waals surface area (Å²) < 4.78 is 35.9. The molecule has 132 valence electrons. The van der Waals surface area contributed by atoms with Gasteiger partial charge in [0.1, 0.15) is 0 Å². The molecule has 0 radical (unpaired) electrons. The molecule has 2 heterocycles. The Morgan fingerprint density at radius 2 is 1.88 bits per heavy atom. The van der Waals surface area contributed by atoms with Crippen LogP contribution < -0.4 is 0 Å². The Bertz CT molecular complexity index is 705. The molecule has 8 heteroatoms. The van der Waals surface area contributed by atoms with Gasteiger partial charge in [0, 0.05) is 37.4 Å². The van der Waals surface area contributed by atoms with Crippen LogP contribution >= 0.6 is 11.6 Å². The van der Waals surface area contributed by atoms with Crippen LogP contribution in [0.15, 0.2) is 29.2 Å². The number of likely N-dealkylation sites (tertiary alicyclic amines) is 1. The second kappa shape index (κ2) is 7.00. The molecule has 0 bridgehead atoms. The van der Waals surface area contributed by atoms with Gasteiger partial charge in [0.2, 0.25) is 5.91 Å². The van der Waals surface area contributed by atoms with Crippen LogP contribution in [0.4, 0.5) is 0 Å². The SMILES string of the molecule is O=C(CCS(=O)(=O)c1cccc(Cl)c1)N1CCC2(CC1)OCCO2. The zero-order chi connectivity index (χ0) is 17.2. The van der Waals surface area contributed by atoms with Gasteiger partial charge in [-0.2, -0.15) is 0 Å². The highest BCUT2D eigenvalue weighted by molar-refractivity contribution is 7.91. The maximum Gasteiger partial charge on any atom is 0.223 e. The summed E-state index contributed by atoms with van der Waals surface area (Å²) in [7, 11) is -3.52. The molecule has 1 aromatic carbocycles. The van der Waals surface area contributed by atoms with Gasteiger partial charge in [0.15, 0.2) is 15.6 Å². The lowest BCUT2D eigenvalue weighted by Gasteiger charge is -2.37. The summed E-state index contributed by atoms with van der Waals surface area (Å²) in [5.41, 5.74) is 0. The number of hydrogen-bond donors (Lipinski definition) is 0. The summed E-state index contributed by atoms with van der Waals surface area (Å²) in [5.74, 6) is -0.918. The van der Waals surface area contributed by atoms with Gasteiger partial charge in [-0.25, -0.2) is 8.42 Å². The highest BCUT2D eigenvalue weighted by Crippen LogP contribution is 2.31. The van der Waals surface area contributed by atoms with Crippen LogP contribution in [0.5, 0.6) is 0 Å². The molecule has 2 aliphatic heterocycles. The van der Waals surface area contributed by atoms with Crippen LogP contribution in [0, 0.1) is 0 Å². The minimum atomic E-state index is -3.52. The smallest absolute Gasteiger partial charge is 0.223 e. The summed E-state index contributed by atoms with van der Waals surface area (Å²) in [6.45, 7) is 2.23. The highest BCUT2D eigenvalue weighted by Gasteiger charge is 2.40. The Hall–Kier alpha value is -1.15. The fourth-order valence-electron chi connectivity index (χ4n) is 3.04. The molecule has 0 saturated carbocycles. The molecular weight excluding hydrogens is 354 g/mol. The van der Waals surface area contributed by atoms with Crippen molar-refractivity contribution in [2.45, 2.75) is 29.9 Å². The number of carbonyl (C=O) groups excluding carboxylic acids is 1. The first kappa shape index (κ1) is 17.7. The van der Waals surface area contributed by atoms with Gasteiger partial charge in [0.25, 0.3) is 0 Å². The van der Waals surface area contributed by atoms with Gasteiger partial charge in [-0.15, -0.1) is 0 Å². The molecule has 24 heavy (non-hydrogen) atoms. The number of piperidine rings is 1. The maximum atomic E-state index is 12.3. The van der Waals surface area contributed by atoms with Gasteiger partial charge in [-0.1, -0.05) is 17.7 Å². The highest BCUT2D eigenvalue weighted by atomic mass is 35.5. The van der Waals surface area contributed by atoms with E-state index < -0.39 is 15.6 Å². The van der Waals surface area contributed by atoms with Crippen molar-refractivity contribution in [3.05, 3.63) is 29.3 Å². The van der Waals surface area contributed by atoms with E-state index in [0.29, 0.717) is 44.2 Å². The third-order valence-electron chi connectivity index (χ3n) is 4.43. The van der Waals surface area contributed by atoms with Crippen LogP contribution in [0.1, 0.15) is 19.3 Å². The molecular formula is C16H20ClNO5S. The van der Waals surface area contributed by atoms with E-state index in [-0.39, 0.29) is 23.0 Å². The summed E-state index contributed by atoms with van der Waals surface area (Å²) >= 11 is 5.83. The topological polar surface area (TPSA) is 72.9 Å². The largest absolute Gasteiger partial charge is 0.347 e. The standard InChI is InChI=1S/C16H20ClNO5S/c17-13-2-1-3-14(12-13)24(20,21)11-4-15(19)18-7-5-16(6-8-18)22-9-10-23-16/h1-3,12H,4-11H2. The molecule has 2 aliphatic rings. The molecule has 6 nitrogen and oxygen atoms in total. The molecule has 0 aromatic heterocycles. The average molecular weight is 374 g/mol. The van der Waals surface area contributed by atoms with Crippen molar-refractivity contribution in [2.75, 3.05) is 32.1 Å². The third-order valence-corrected chi connectivity index (χ3v) is 6.38. The van der Waals surface area contributed by atoms with E-state index in [1.807, 2.05) is 0 Å². The Labute approximate surface area is 146 Å². The second-order valence-corrected chi connectivity index (χ2v) is 8.56. The Kier molecular flexibility index (Phi) is 5.15. The first-order valence-electron chi connectivity index (χ1n) is 7.94. The Morgan fingerprint density at radius 3 is 2.50 bits per heavy atom. The second-order valence-electron chi connectivity index (χ2n) is 6.01. The van der Waals surface area contributed by atoms with Crippen molar-refractivity contribution in [1.29, 1.82) is 0 Å². The molecule has 1 amide bonds. The van der Waals surface area contributed by atoms with Crippen molar-refractivity contribution in [3.8, 4) is 0 Å². The summed E-state index contributed by atoms with van der Waals surface area (Å²) in [6.07, 6.45) is 1.21. The zero-order valence-corrected chi connectivity index (χ0v) is 14.8. The van der Waals surface area contributed by atoms with Gasteiger partial charge in [0.05, 0.1) is 23.9 Å². The first-order valence-corrected chi connectivity index (χ1v) is 9.97. The predicted molar refractivity (Wildman–Crippen MR) is 88.6 cm³/mol. The molecule has 2 saturated heterocycles. The summed E-state index contributed by atoms with van der Waals surface area (Å²) in [6, 6.07) is 6.09. The summed E-state index contributed by atoms with van der Waals surface area (Å²) in [4.78, 5) is 14.1. The lowest BCUT2D eigenvalue weighted by atomic mass is 10.0. The predicted octanol–water partition coefficient (Wildman–Crippen LogP) is 1.87. The van der Waals surface area contributed by atoms with Gasteiger partial charge in [-0.3, -0.25) is 4.79 Å². The van der Waals surface area contributed by atoms with Crippen LogP contribution in [-0.4, -0.2) is 57.1 Å². The number of amides is 1. The van der Waals surface area contributed by atoms with Crippen LogP contribution in [0.3, 0.4) is 0 Å². The van der Waals surface area contributed by atoms with E-state index in [1.54, 1.807) is 17.0 Å². The number of sulfone groups is 1. The molecule has 1 aromatic rings. The van der Waals surface area contributed by atoms with Crippen LogP contribution in [0.2, 0.25) is 5.02 Å². The average Bonchev–Trinajstić information content (AvgIpc) is 3.01. The van der Waals surface area contributed by atoms with Crippen molar-refractivity contribution < 1.29 is 22.7 Å². The van der Waals surface area contributed by atoms with E-state index in [4.69, 9.17) is 21.1 Å². The summed E-state index contributed by atoms with van der Waals surface area (Å²) in [5, 5.41) is 0.361. The van der Waals surface area contributed by atoms with E-state index >= 15 is 0 Å². The van der Waals surface area contributed by atoms with Gasteiger partial charge >= 0.3 is 0 Å². The van der Waals surface area contributed by atoms with E-state index in [0.717, 1.165) is 0 Å². The van der Waals surface area contributed by atoms with Gasteiger partial charge in [-0.05, 0) is 18.2 Å². The molecule has 2 fully saturated rings. The van der Waals surface area contributed by atoms with E-state index in [1.165, 1.54) is 12.1 Å². The lowest BCUT2D eigenvalue weighted by molar-refractivity contribution is -0.187. The normalized spacial score (nSPS) is 20.5. The molecule has 0 N–H and O–H groups in total. The van der Waals surface area contributed by atoms with E-state index in [9.17, 15) is 13.2 Å². The zero-order valence-electron chi connectivity index (χ0n) is 13.2. The van der Waals surface area contributed by atoms with Crippen molar-refractivity contribution in [1.82, 2.24) is 4.90 Å². The fraction of sp³-hybridized carbons (Fsp3) is 0.562. The third kappa shape index (κ3) is 3.91. The van der Waals surface area contributed by atoms with Crippen molar-refractivity contribution >= 4 is 27.3 Å². The minimum absolute atomic E-state index is 0.0381. The minimum Gasteiger partial charge on any atom is -0.347 e. The number of benzene rings is 1. The number of ether oxygens (including phenoxy) is 2. The molecule has 0 aliphatic carbocycles. The molecule has 0 atom stereocenters. The van der Waals surface area contributed by atoms with Crippen LogP contribution in [-0.2, 0) is 24.1 Å². The number of hydrogen-bond acceptors (Lipinski definition) is 5. The molecule has 0 unspecified atom stereocenters. The Morgan fingerprint density at radius 1 is 1.21 bits per heavy atom. The lowest BCUT2D eigenvalue weighted by Crippen LogP contribution is -2.47.